The molecule has 3 heterocycles. The van der Waals surface area contributed by atoms with Gasteiger partial charge in [0.25, 0.3) is 0 Å². The molecule has 0 N–H and O–H groups in total. The summed E-state index contributed by atoms with van der Waals surface area (Å²) in [6.07, 6.45) is 4.45. The normalized spacial score (nSPS) is 22.8. The summed E-state index contributed by atoms with van der Waals surface area (Å²) in [5.41, 5.74) is -0.290. The number of carbonyl (C=O) groups is 1. The number of esters is 1. The number of ether oxygens (including phenoxy) is 1. The summed E-state index contributed by atoms with van der Waals surface area (Å²) in [5.74, 6) is 1.04. The third-order valence-corrected chi connectivity index (χ3v) is 5.57. The maximum Gasteiger partial charge on any atom is 0.312 e. The first-order valence-corrected chi connectivity index (χ1v) is 9.02. The molecule has 1 atom stereocenters. The number of anilines is 1. The van der Waals surface area contributed by atoms with E-state index in [-0.39, 0.29) is 17.5 Å². The van der Waals surface area contributed by atoms with Crippen molar-refractivity contribution in [3.05, 3.63) is 36.5 Å². The van der Waals surface area contributed by atoms with Crippen LogP contribution >= 0.6 is 0 Å². The highest BCUT2D eigenvalue weighted by atomic mass is 16.6. The topological polar surface area (TPSA) is 45.7 Å². The van der Waals surface area contributed by atoms with Gasteiger partial charge in [-0.1, -0.05) is 24.3 Å². The maximum atomic E-state index is 12.5. The predicted molar refractivity (Wildman–Crippen MR) is 98.7 cm³/mol. The Morgan fingerprint density at radius 2 is 2.00 bits per heavy atom. The molecule has 1 unspecified atom stereocenters. The average molecular weight is 339 g/mol. The molecular formula is C20H25N3O2. The van der Waals surface area contributed by atoms with Gasteiger partial charge in [0.15, 0.2) is 0 Å². The van der Waals surface area contributed by atoms with Crippen molar-refractivity contribution in [1.82, 2.24) is 9.88 Å². The summed E-state index contributed by atoms with van der Waals surface area (Å²) in [4.78, 5) is 21.6. The Morgan fingerprint density at radius 3 is 2.76 bits per heavy atom. The van der Waals surface area contributed by atoms with Gasteiger partial charge in [-0.3, -0.25) is 4.79 Å². The SMILES string of the molecule is CN(C)CC1CC2(CCN(c3nccc4ccccc34)CC2)C(=O)O1. The van der Waals surface area contributed by atoms with Crippen molar-refractivity contribution in [3.63, 3.8) is 0 Å². The van der Waals surface area contributed by atoms with Crippen LogP contribution in [0.1, 0.15) is 19.3 Å². The zero-order valence-electron chi connectivity index (χ0n) is 14.9. The molecule has 0 saturated carbocycles. The minimum Gasteiger partial charge on any atom is -0.461 e. The zero-order valence-corrected chi connectivity index (χ0v) is 14.9. The van der Waals surface area contributed by atoms with E-state index in [1.165, 1.54) is 10.8 Å². The molecular weight excluding hydrogens is 314 g/mol. The lowest BCUT2D eigenvalue weighted by atomic mass is 9.76. The van der Waals surface area contributed by atoms with E-state index in [2.05, 4.69) is 39.0 Å². The standard InChI is InChI=1S/C20H25N3O2/c1-22(2)14-16-13-20(19(24)25-16)8-11-23(12-9-20)18-17-6-4-3-5-15(17)7-10-21-18/h3-7,10,16H,8-9,11-14H2,1-2H3. The molecule has 132 valence electrons. The molecule has 1 aromatic carbocycles. The first-order valence-electron chi connectivity index (χ1n) is 9.02. The van der Waals surface area contributed by atoms with E-state index >= 15 is 0 Å². The average Bonchev–Trinajstić information content (AvgIpc) is 2.89. The van der Waals surface area contributed by atoms with Crippen molar-refractivity contribution in [1.29, 1.82) is 0 Å². The third-order valence-electron chi connectivity index (χ3n) is 5.57. The van der Waals surface area contributed by atoms with Gasteiger partial charge in [0.2, 0.25) is 0 Å². The number of benzene rings is 1. The molecule has 2 fully saturated rings. The molecule has 0 aliphatic carbocycles. The molecule has 1 aromatic heterocycles. The summed E-state index contributed by atoms with van der Waals surface area (Å²) < 4.78 is 5.66. The predicted octanol–water partition coefficient (Wildman–Crippen LogP) is 2.70. The van der Waals surface area contributed by atoms with Crippen LogP contribution in [-0.4, -0.2) is 55.7 Å². The molecule has 0 amide bonds. The van der Waals surface area contributed by atoms with Crippen LogP contribution in [0.25, 0.3) is 10.8 Å². The smallest absolute Gasteiger partial charge is 0.312 e. The fourth-order valence-corrected chi connectivity index (χ4v) is 4.26. The van der Waals surface area contributed by atoms with E-state index in [1.807, 2.05) is 26.4 Å². The van der Waals surface area contributed by atoms with Gasteiger partial charge in [0, 0.05) is 37.6 Å². The lowest BCUT2D eigenvalue weighted by molar-refractivity contribution is -0.150. The van der Waals surface area contributed by atoms with Crippen molar-refractivity contribution in [3.8, 4) is 0 Å². The number of rotatable bonds is 3. The van der Waals surface area contributed by atoms with E-state index in [1.54, 1.807) is 0 Å². The second kappa shape index (κ2) is 6.30. The van der Waals surface area contributed by atoms with Gasteiger partial charge in [-0.25, -0.2) is 4.98 Å². The maximum absolute atomic E-state index is 12.5. The van der Waals surface area contributed by atoms with E-state index < -0.39 is 0 Å². The lowest BCUT2D eigenvalue weighted by Gasteiger charge is -2.37. The molecule has 5 heteroatoms. The first kappa shape index (κ1) is 16.3. The van der Waals surface area contributed by atoms with Gasteiger partial charge in [-0.05, 0) is 38.4 Å². The second-order valence-electron chi connectivity index (χ2n) is 7.62. The van der Waals surface area contributed by atoms with E-state index in [0.717, 1.165) is 44.7 Å². The second-order valence-corrected chi connectivity index (χ2v) is 7.62. The first-order chi connectivity index (χ1) is 12.1. The van der Waals surface area contributed by atoms with Crippen molar-refractivity contribution in [2.45, 2.75) is 25.4 Å². The summed E-state index contributed by atoms with van der Waals surface area (Å²) in [6, 6.07) is 10.4. The van der Waals surface area contributed by atoms with Crippen molar-refractivity contribution >= 4 is 22.6 Å². The Bertz CT molecular complexity index is 776. The number of piperidine rings is 1. The number of aromatic nitrogens is 1. The largest absolute Gasteiger partial charge is 0.461 e. The minimum absolute atomic E-state index is 0.00452. The van der Waals surface area contributed by atoms with Gasteiger partial charge in [0.1, 0.15) is 11.9 Å². The highest BCUT2D eigenvalue weighted by molar-refractivity contribution is 5.92. The summed E-state index contributed by atoms with van der Waals surface area (Å²) in [6.45, 7) is 2.51. The Labute approximate surface area is 148 Å². The van der Waals surface area contributed by atoms with Crippen LogP contribution in [-0.2, 0) is 9.53 Å². The molecule has 25 heavy (non-hydrogen) atoms. The van der Waals surface area contributed by atoms with Crippen molar-refractivity contribution < 1.29 is 9.53 Å². The number of pyridine rings is 1. The lowest BCUT2D eigenvalue weighted by Crippen LogP contribution is -2.43. The molecule has 4 rings (SSSR count). The Balaban J connectivity index is 1.51. The molecule has 2 saturated heterocycles. The molecule has 2 aliphatic heterocycles. The van der Waals surface area contributed by atoms with E-state index in [0.29, 0.717) is 0 Å². The van der Waals surface area contributed by atoms with Crippen LogP contribution in [0.4, 0.5) is 5.82 Å². The molecule has 0 radical (unpaired) electrons. The van der Waals surface area contributed by atoms with Crippen LogP contribution in [0.5, 0.6) is 0 Å². The summed E-state index contributed by atoms with van der Waals surface area (Å²) in [7, 11) is 4.04. The van der Waals surface area contributed by atoms with Crippen LogP contribution in [0, 0.1) is 5.41 Å². The molecule has 2 aromatic rings. The van der Waals surface area contributed by atoms with Crippen LogP contribution in [0.2, 0.25) is 0 Å². The molecule has 1 spiro atoms. The number of fused-ring (bicyclic) bond motifs is 1. The number of nitrogens with zero attached hydrogens (tertiary/aromatic N) is 3. The number of hydrogen-bond donors (Lipinski definition) is 0. The van der Waals surface area contributed by atoms with Gasteiger partial charge in [-0.15, -0.1) is 0 Å². The highest BCUT2D eigenvalue weighted by Crippen LogP contribution is 2.44. The molecule has 2 aliphatic rings. The van der Waals surface area contributed by atoms with E-state index in [9.17, 15) is 4.79 Å². The fraction of sp³-hybridized carbons (Fsp3) is 0.500. The Morgan fingerprint density at radius 1 is 1.24 bits per heavy atom. The summed E-state index contributed by atoms with van der Waals surface area (Å²) in [5, 5.41) is 2.39. The Kier molecular flexibility index (Phi) is 4.12. The van der Waals surface area contributed by atoms with Crippen LogP contribution in [0.15, 0.2) is 36.5 Å². The van der Waals surface area contributed by atoms with Crippen molar-refractivity contribution in [2.75, 3.05) is 38.6 Å². The number of cyclic esters (lactones) is 1. The van der Waals surface area contributed by atoms with Crippen LogP contribution < -0.4 is 4.90 Å². The van der Waals surface area contributed by atoms with Crippen LogP contribution in [0.3, 0.4) is 0 Å². The van der Waals surface area contributed by atoms with Gasteiger partial charge < -0.3 is 14.5 Å². The minimum atomic E-state index is -0.290. The number of hydrogen-bond acceptors (Lipinski definition) is 5. The zero-order chi connectivity index (χ0) is 17.4. The fourth-order valence-electron chi connectivity index (χ4n) is 4.26. The Hall–Kier alpha value is -2.14. The monoisotopic (exact) mass is 339 g/mol. The van der Waals surface area contributed by atoms with Gasteiger partial charge in [-0.2, -0.15) is 0 Å². The highest BCUT2D eigenvalue weighted by Gasteiger charge is 2.50. The van der Waals surface area contributed by atoms with E-state index in [4.69, 9.17) is 4.74 Å². The molecule has 5 nitrogen and oxygen atoms in total. The number of carbonyl (C=O) groups excluding carboxylic acids is 1. The van der Waals surface area contributed by atoms with Gasteiger partial charge in [0.05, 0.1) is 5.41 Å². The van der Waals surface area contributed by atoms with Gasteiger partial charge >= 0.3 is 5.97 Å². The van der Waals surface area contributed by atoms with Crippen molar-refractivity contribution in [2.24, 2.45) is 5.41 Å². The quantitative estimate of drug-likeness (QED) is 0.805. The number of likely N-dealkylation sites (N-methyl/N-ethyl adjacent to an activating group) is 1. The summed E-state index contributed by atoms with van der Waals surface area (Å²) >= 11 is 0. The third kappa shape index (κ3) is 2.97. The molecule has 0 bridgehead atoms.